The number of ether oxygens (including phenoxy) is 1. The summed E-state index contributed by atoms with van der Waals surface area (Å²) in [5, 5.41) is 0. The number of benzene rings is 1. The van der Waals surface area contributed by atoms with Crippen LogP contribution < -0.4 is 5.73 Å². The van der Waals surface area contributed by atoms with Crippen LogP contribution in [0.15, 0.2) is 33.6 Å². The third-order valence-corrected chi connectivity index (χ3v) is 3.83. The van der Waals surface area contributed by atoms with Crippen molar-refractivity contribution in [3.63, 3.8) is 0 Å². The van der Waals surface area contributed by atoms with Gasteiger partial charge in [-0.25, -0.2) is 0 Å². The summed E-state index contributed by atoms with van der Waals surface area (Å²) in [5.74, 6) is 0.408. The number of hydrogen-bond acceptors (Lipinski definition) is 4. The first-order valence-electron chi connectivity index (χ1n) is 5.21. The third-order valence-electron chi connectivity index (χ3n) is 2.34. The summed E-state index contributed by atoms with van der Waals surface area (Å²) in [6.45, 7) is 1.69. The van der Waals surface area contributed by atoms with E-state index in [1.54, 1.807) is 18.7 Å². The average molecular weight is 318 g/mol. The van der Waals surface area contributed by atoms with Crippen LogP contribution >= 0.6 is 27.7 Å². The first-order chi connectivity index (χ1) is 7.95. The second kappa shape index (κ2) is 6.42. The number of thioether (sulfide) groups is 1. The Morgan fingerprint density at radius 1 is 1.59 bits per heavy atom. The molecule has 0 heterocycles. The SMILES string of the molecule is COC(=O)C(C)(N)CCSc1cccc(Br)c1. The summed E-state index contributed by atoms with van der Waals surface area (Å²) in [7, 11) is 1.36. The molecule has 0 radical (unpaired) electrons. The van der Waals surface area contributed by atoms with E-state index in [0.29, 0.717) is 6.42 Å². The minimum Gasteiger partial charge on any atom is -0.468 e. The number of halogens is 1. The summed E-state index contributed by atoms with van der Waals surface area (Å²) in [6, 6.07) is 8.03. The molecule has 94 valence electrons. The fourth-order valence-corrected chi connectivity index (χ4v) is 2.97. The van der Waals surface area contributed by atoms with Gasteiger partial charge >= 0.3 is 5.97 Å². The molecule has 0 spiro atoms. The normalized spacial score (nSPS) is 14.1. The second-order valence-electron chi connectivity index (χ2n) is 3.96. The number of nitrogens with two attached hydrogens (primary N) is 1. The fraction of sp³-hybridized carbons (Fsp3) is 0.417. The largest absolute Gasteiger partial charge is 0.468 e. The molecule has 0 bridgehead atoms. The Morgan fingerprint density at radius 2 is 2.29 bits per heavy atom. The molecule has 0 saturated heterocycles. The van der Waals surface area contributed by atoms with Crippen LogP contribution in [0.1, 0.15) is 13.3 Å². The molecule has 1 unspecified atom stereocenters. The standard InChI is InChI=1S/C12H16BrNO2S/c1-12(14,11(15)16-2)6-7-17-10-5-3-4-9(13)8-10/h3-5,8H,6-7,14H2,1-2H3. The molecule has 1 aromatic carbocycles. The molecular weight excluding hydrogens is 302 g/mol. The van der Waals surface area contributed by atoms with Crippen molar-refractivity contribution in [2.24, 2.45) is 5.73 Å². The van der Waals surface area contributed by atoms with Gasteiger partial charge in [-0.15, -0.1) is 11.8 Å². The molecule has 0 aliphatic carbocycles. The van der Waals surface area contributed by atoms with E-state index < -0.39 is 5.54 Å². The lowest BCUT2D eigenvalue weighted by atomic mass is 10.0. The van der Waals surface area contributed by atoms with Gasteiger partial charge in [0.05, 0.1) is 7.11 Å². The quantitative estimate of drug-likeness (QED) is 0.670. The highest BCUT2D eigenvalue weighted by Crippen LogP contribution is 2.24. The molecule has 0 saturated carbocycles. The Balaban J connectivity index is 2.45. The Morgan fingerprint density at radius 3 is 2.88 bits per heavy atom. The summed E-state index contributed by atoms with van der Waals surface area (Å²) < 4.78 is 5.70. The van der Waals surface area contributed by atoms with E-state index in [1.165, 1.54) is 7.11 Å². The van der Waals surface area contributed by atoms with E-state index in [9.17, 15) is 4.79 Å². The Hall–Kier alpha value is -0.520. The van der Waals surface area contributed by atoms with Crippen molar-refractivity contribution < 1.29 is 9.53 Å². The van der Waals surface area contributed by atoms with E-state index in [0.717, 1.165) is 15.1 Å². The maximum atomic E-state index is 11.4. The van der Waals surface area contributed by atoms with Gasteiger partial charge < -0.3 is 10.5 Å². The van der Waals surface area contributed by atoms with Crippen LogP contribution in [0.5, 0.6) is 0 Å². The third kappa shape index (κ3) is 4.69. The molecule has 0 amide bonds. The van der Waals surface area contributed by atoms with Crippen molar-refractivity contribution in [2.75, 3.05) is 12.9 Å². The number of rotatable bonds is 5. The van der Waals surface area contributed by atoms with Gasteiger partial charge in [0.1, 0.15) is 5.54 Å². The van der Waals surface area contributed by atoms with Crippen LogP contribution in [0, 0.1) is 0 Å². The predicted octanol–water partition coefficient (Wildman–Crippen LogP) is 2.82. The van der Waals surface area contributed by atoms with Crippen molar-refractivity contribution in [1.29, 1.82) is 0 Å². The summed E-state index contributed by atoms with van der Waals surface area (Å²) in [6.07, 6.45) is 0.580. The Labute approximate surface area is 114 Å². The lowest BCUT2D eigenvalue weighted by molar-refractivity contribution is -0.146. The van der Waals surface area contributed by atoms with Crippen molar-refractivity contribution >= 4 is 33.7 Å². The lowest BCUT2D eigenvalue weighted by Gasteiger charge is -2.20. The van der Waals surface area contributed by atoms with Crippen LogP contribution in [0.3, 0.4) is 0 Å². The molecule has 2 N–H and O–H groups in total. The van der Waals surface area contributed by atoms with Crippen molar-refractivity contribution in [2.45, 2.75) is 23.8 Å². The minimum atomic E-state index is -0.909. The van der Waals surface area contributed by atoms with Gasteiger partial charge in [-0.2, -0.15) is 0 Å². The van der Waals surface area contributed by atoms with Gasteiger partial charge in [-0.05, 0) is 31.5 Å². The van der Waals surface area contributed by atoms with E-state index in [4.69, 9.17) is 5.73 Å². The molecule has 5 heteroatoms. The van der Waals surface area contributed by atoms with Crippen molar-refractivity contribution in [3.05, 3.63) is 28.7 Å². The highest BCUT2D eigenvalue weighted by molar-refractivity contribution is 9.10. The maximum Gasteiger partial charge on any atom is 0.325 e. The zero-order valence-electron chi connectivity index (χ0n) is 9.90. The fourth-order valence-electron chi connectivity index (χ4n) is 1.27. The topological polar surface area (TPSA) is 52.3 Å². The van der Waals surface area contributed by atoms with Gasteiger partial charge in [0.2, 0.25) is 0 Å². The predicted molar refractivity (Wildman–Crippen MR) is 74.1 cm³/mol. The van der Waals surface area contributed by atoms with Crippen LogP contribution in [0.4, 0.5) is 0 Å². The number of carbonyl (C=O) groups is 1. The molecule has 0 aromatic heterocycles. The first kappa shape index (κ1) is 14.5. The number of hydrogen-bond donors (Lipinski definition) is 1. The minimum absolute atomic E-state index is 0.368. The number of methoxy groups -OCH3 is 1. The van der Waals surface area contributed by atoms with Crippen molar-refractivity contribution in [3.8, 4) is 0 Å². The molecule has 17 heavy (non-hydrogen) atoms. The van der Waals surface area contributed by atoms with Gasteiger partial charge in [-0.3, -0.25) is 4.79 Å². The average Bonchev–Trinajstić information content (AvgIpc) is 2.27. The van der Waals surface area contributed by atoms with Crippen LogP contribution in [0.25, 0.3) is 0 Å². The van der Waals surface area contributed by atoms with Crippen LogP contribution in [0.2, 0.25) is 0 Å². The molecule has 1 aromatic rings. The maximum absolute atomic E-state index is 11.4. The van der Waals surface area contributed by atoms with Gasteiger partial charge in [0.15, 0.2) is 0 Å². The van der Waals surface area contributed by atoms with Crippen LogP contribution in [-0.4, -0.2) is 24.4 Å². The number of esters is 1. The molecule has 1 rings (SSSR count). The Bertz CT molecular complexity index is 396. The Kier molecular flexibility index (Phi) is 5.49. The monoisotopic (exact) mass is 317 g/mol. The van der Waals surface area contributed by atoms with E-state index in [1.807, 2.05) is 24.3 Å². The van der Waals surface area contributed by atoms with Crippen LogP contribution in [-0.2, 0) is 9.53 Å². The van der Waals surface area contributed by atoms with E-state index >= 15 is 0 Å². The number of carbonyl (C=O) groups excluding carboxylic acids is 1. The highest BCUT2D eigenvalue weighted by Gasteiger charge is 2.28. The molecule has 3 nitrogen and oxygen atoms in total. The summed E-state index contributed by atoms with van der Waals surface area (Å²) >= 11 is 5.09. The second-order valence-corrected chi connectivity index (χ2v) is 6.05. The van der Waals surface area contributed by atoms with Crippen molar-refractivity contribution in [1.82, 2.24) is 0 Å². The van der Waals surface area contributed by atoms with E-state index in [-0.39, 0.29) is 5.97 Å². The van der Waals surface area contributed by atoms with Gasteiger partial charge in [-0.1, -0.05) is 22.0 Å². The van der Waals surface area contributed by atoms with Gasteiger partial charge in [0, 0.05) is 15.1 Å². The first-order valence-corrected chi connectivity index (χ1v) is 6.99. The zero-order chi connectivity index (χ0) is 12.9. The molecule has 1 atom stereocenters. The summed E-state index contributed by atoms with van der Waals surface area (Å²) in [5.41, 5.74) is 4.96. The molecule has 0 aliphatic heterocycles. The molecule has 0 fully saturated rings. The smallest absolute Gasteiger partial charge is 0.325 e. The molecular formula is C12H16BrNO2S. The van der Waals surface area contributed by atoms with E-state index in [2.05, 4.69) is 20.7 Å². The lowest BCUT2D eigenvalue weighted by Crippen LogP contribution is -2.46. The summed E-state index contributed by atoms with van der Waals surface area (Å²) in [4.78, 5) is 12.5. The molecule has 0 aliphatic rings. The zero-order valence-corrected chi connectivity index (χ0v) is 12.3. The highest BCUT2D eigenvalue weighted by atomic mass is 79.9. The van der Waals surface area contributed by atoms with Gasteiger partial charge in [0.25, 0.3) is 0 Å².